The van der Waals surface area contributed by atoms with Crippen molar-refractivity contribution >= 4 is 5.91 Å². The van der Waals surface area contributed by atoms with E-state index in [9.17, 15) is 4.79 Å². The lowest BCUT2D eigenvalue weighted by atomic mass is 10.1. The van der Waals surface area contributed by atoms with Gasteiger partial charge in [0.1, 0.15) is 13.2 Å². The van der Waals surface area contributed by atoms with E-state index in [0.29, 0.717) is 25.0 Å². The summed E-state index contributed by atoms with van der Waals surface area (Å²) < 4.78 is 11.3. The van der Waals surface area contributed by atoms with Crippen molar-refractivity contribution < 1.29 is 14.3 Å². The molecular weight excluding hydrogens is 230 g/mol. The van der Waals surface area contributed by atoms with E-state index in [0.717, 1.165) is 24.5 Å². The van der Waals surface area contributed by atoms with Gasteiger partial charge in [0.15, 0.2) is 11.5 Å². The first-order chi connectivity index (χ1) is 8.75. The molecule has 1 N–H and O–H groups in total. The second kappa shape index (κ2) is 4.52. The number of amides is 1. The molecule has 0 bridgehead atoms. The fourth-order valence-electron chi connectivity index (χ4n) is 2.52. The van der Waals surface area contributed by atoms with Crippen molar-refractivity contribution in [3.05, 3.63) is 23.8 Å². The molecule has 1 aliphatic heterocycles. The van der Waals surface area contributed by atoms with Crippen LogP contribution in [-0.2, 0) is 4.79 Å². The number of carbonyl (C=O) groups is 1. The largest absolute Gasteiger partial charge is 0.486 e. The molecule has 4 heteroatoms. The standard InChI is InChI=1S/C14H17NO3/c1-9(16)15-8-10-7-12(10)11-3-2-4-13-14(11)18-6-5-17-13/h2-4,10,12H,5-8H2,1H3,(H,15,16)/t10-,12+/m0/s1. The van der Waals surface area contributed by atoms with E-state index in [-0.39, 0.29) is 5.91 Å². The predicted molar refractivity (Wildman–Crippen MR) is 67.0 cm³/mol. The van der Waals surface area contributed by atoms with E-state index in [4.69, 9.17) is 9.47 Å². The first kappa shape index (κ1) is 11.4. The van der Waals surface area contributed by atoms with Gasteiger partial charge in [-0.3, -0.25) is 4.79 Å². The molecule has 4 nitrogen and oxygen atoms in total. The van der Waals surface area contributed by atoms with Crippen LogP contribution in [0.2, 0.25) is 0 Å². The Morgan fingerprint density at radius 2 is 2.22 bits per heavy atom. The normalized spacial score (nSPS) is 24.5. The summed E-state index contributed by atoms with van der Waals surface area (Å²) in [6, 6.07) is 6.06. The van der Waals surface area contributed by atoms with Crippen LogP contribution in [0.4, 0.5) is 0 Å². The van der Waals surface area contributed by atoms with E-state index in [2.05, 4.69) is 11.4 Å². The Kier molecular flexibility index (Phi) is 2.86. The average Bonchev–Trinajstić information content (AvgIpc) is 3.15. The van der Waals surface area contributed by atoms with Crippen molar-refractivity contribution in [1.82, 2.24) is 5.32 Å². The Morgan fingerprint density at radius 3 is 3.06 bits per heavy atom. The van der Waals surface area contributed by atoms with Gasteiger partial charge in [-0.15, -0.1) is 0 Å². The number of nitrogens with one attached hydrogen (secondary N) is 1. The lowest BCUT2D eigenvalue weighted by Crippen LogP contribution is -2.22. The summed E-state index contributed by atoms with van der Waals surface area (Å²) in [6.45, 7) is 3.55. The highest BCUT2D eigenvalue weighted by molar-refractivity contribution is 5.72. The molecule has 2 atom stereocenters. The van der Waals surface area contributed by atoms with Crippen molar-refractivity contribution in [3.63, 3.8) is 0 Å². The van der Waals surface area contributed by atoms with E-state index in [1.807, 2.05) is 12.1 Å². The lowest BCUT2D eigenvalue weighted by molar-refractivity contribution is -0.119. The highest BCUT2D eigenvalue weighted by atomic mass is 16.6. The van der Waals surface area contributed by atoms with Crippen LogP contribution in [-0.4, -0.2) is 25.7 Å². The molecule has 1 heterocycles. The van der Waals surface area contributed by atoms with Crippen molar-refractivity contribution in [1.29, 1.82) is 0 Å². The minimum absolute atomic E-state index is 0.0373. The summed E-state index contributed by atoms with van der Waals surface area (Å²) in [5, 5.41) is 2.88. The molecule has 1 fully saturated rings. The van der Waals surface area contributed by atoms with Crippen LogP contribution in [0.25, 0.3) is 0 Å². The number of para-hydroxylation sites is 1. The van der Waals surface area contributed by atoms with Gasteiger partial charge < -0.3 is 14.8 Å². The summed E-state index contributed by atoms with van der Waals surface area (Å²) in [6.07, 6.45) is 1.11. The molecular formula is C14H17NO3. The number of carbonyl (C=O) groups excluding carboxylic acids is 1. The number of hydrogen-bond donors (Lipinski definition) is 1. The maximum Gasteiger partial charge on any atom is 0.216 e. The quantitative estimate of drug-likeness (QED) is 0.884. The molecule has 1 aromatic carbocycles. The number of hydrogen-bond acceptors (Lipinski definition) is 3. The fraction of sp³-hybridized carbons (Fsp3) is 0.500. The van der Waals surface area contributed by atoms with Crippen molar-refractivity contribution in [2.45, 2.75) is 19.3 Å². The Balaban J connectivity index is 1.72. The summed E-state index contributed by atoms with van der Waals surface area (Å²) >= 11 is 0. The minimum atomic E-state index is 0.0373. The van der Waals surface area contributed by atoms with Gasteiger partial charge in [0.05, 0.1) is 0 Å². The maximum atomic E-state index is 10.9. The molecule has 96 valence electrons. The number of rotatable bonds is 3. The van der Waals surface area contributed by atoms with Gasteiger partial charge in [-0.25, -0.2) is 0 Å². The molecule has 1 amide bonds. The van der Waals surface area contributed by atoms with Crippen LogP contribution in [0.1, 0.15) is 24.8 Å². The SMILES string of the molecule is CC(=O)NC[C@@H]1C[C@H]1c1cccc2c1OCCO2. The van der Waals surface area contributed by atoms with Gasteiger partial charge in [0.25, 0.3) is 0 Å². The Morgan fingerprint density at radius 1 is 1.39 bits per heavy atom. The van der Waals surface area contributed by atoms with Crippen LogP contribution in [0.5, 0.6) is 11.5 Å². The van der Waals surface area contributed by atoms with Gasteiger partial charge in [-0.2, -0.15) is 0 Å². The van der Waals surface area contributed by atoms with Gasteiger partial charge in [0.2, 0.25) is 5.91 Å². The van der Waals surface area contributed by atoms with Crippen molar-refractivity contribution in [2.75, 3.05) is 19.8 Å². The number of fused-ring (bicyclic) bond motifs is 1. The van der Waals surface area contributed by atoms with Crippen LogP contribution in [0.3, 0.4) is 0 Å². The second-order valence-corrected chi connectivity index (χ2v) is 4.91. The highest BCUT2D eigenvalue weighted by Crippen LogP contribution is 2.52. The molecule has 18 heavy (non-hydrogen) atoms. The van der Waals surface area contributed by atoms with E-state index < -0.39 is 0 Å². The smallest absolute Gasteiger partial charge is 0.216 e. The topological polar surface area (TPSA) is 47.6 Å². The second-order valence-electron chi connectivity index (χ2n) is 4.91. The zero-order valence-corrected chi connectivity index (χ0v) is 10.4. The molecule has 0 radical (unpaired) electrons. The van der Waals surface area contributed by atoms with Gasteiger partial charge in [-0.1, -0.05) is 12.1 Å². The van der Waals surface area contributed by atoms with Gasteiger partial charge in [0, 0.05) is 19.0 Å². The summed E-state index contributed by atoms with van der Waals surface area (Å²) in [5.74, 6) is 2.82. The summed E-state index contributed by atoms with van der Waals surface area (Å²) in [4.78, 5) is 10.9. The van der Waals surface area contributed by atoms with E-state index in [1.54, 1.807) is 6.92 Å². The maximum absolute atomic E-state index is 10.9. The van der Waals surface area contributed by atoms with Crippen LogP contribution < -0.4 is 14.8 Å². The molecule has 2 aliphatic rings. The molecule has 0 aromatic heterocycles. The molecule has 0 spiro atoms. The summed E-state index contributed by atoms with van der Waals surface area (Å²) in [5.41, 5.74) is 1.22. The minimum Gasteiger partial charge on any atom is -0.486 e. The fourth-order valence-corrected chi connectivity index (χ4v) is 2.52. The summed E-state index contributed by atoms with van der Waals surface area (Å²) in [7, 11) is 0. The van der Waals surface area contributed by atoms with Crippen molar-refractivity contribution in [3.8, 4) is 11.5 Å². The Hall–Kier alpha value is -1.71. The Bertz CT molecular complexity index is 472. The van der Waals surface area contributed by atoms with Crippen LogP contribution in [0.15, 0.2) is 18.2 Å². The van der Waals surface area contributed by atoms with Gasteiger partial charge in [-0.05, 0) is 24.3 Å². The monoisotopic (exact) mass is 247 g/mol. The predicted octanol–water partition coefficient (Wildman–Crippen LogP) is 1.70. The highest BCUT2D eigenvalue weighted by Gasteiger charge is 2.40. The van der Waals surface area contributed by atoms with E-state index in [1.165, 1.54) is 5.56 Å². The average molecular weight is 247 g/mol. The van der Waals surface area contributed by atoms with E-state index >= 15 is 0 Å². The number of benzene rings is 1. The first-order valence-corrected chi connectivity index (χ1v) is 6.38. The molecule has 1 aromatic rings. The lowest BCUT2D eigenvalue weighted by Gasteiger charge is -2.21. The zero-order chi connectivity index (χ0) is 12.5. The molecule has 1 saturated carbocycles. The zero-order valence-electron chi connectivity index (χ0n) is 10.4. The van der Waals surface area contributed by atoms with Crippen LogP contribution in [0, 0.1) is 5.92 Å². The van der Waals surface area contributed by atoms with Crippen molar-refractivity contribution in [2.24, 2.45) is 5.92 Å². The molecule has 0 saturated heterocycles. The third-order valence-corrected chi connectivity index (χ3v) is 3.53. The Labute approximate surface area is 106 Å². The molecule has 0 unspecified atom stereocenters. The third-order valence-electron chi connectivity index (χ3n) is 3.53. The van der Waals surface area contributed by atoms with Crippen LogP contribution >= 0.6 is 0 Å². The third kappa shape index (κ3) is 2.15. The first-order valence-electron chi connectivity index (χ1n) is 6.38. The van der Waals surface area contributed by atoms with Gasteiger partial charge >= 0.3 is 0 Å². The molecule has 1 aliphatic carbocycles. The molecule has 3 rings (SSSR count). The number of ether oxygens (including phenoxy) is 2.